The second-order valence-corrected chi connectivity index (χ2v) is 7.60. The fraction of sp³-hybridized carbons (Fsp3) is 0.273. The third kappa shape index (κ3) is 1.92. The number of carbonyl (C=O) groups is 4. The molecule has 6 rings (SSSR count). The Morgan fingerprint density at radius 3 is 1.32 bits per heavy atom. The van der Waals surface area contributed by atoms with Gasteiger partial charge >= 0.3 is 0 Å². The number of benzene rings is 2. The van der Waals surface area contributed by atoms with Crippen molar-refractivity contribution < 1.29 is 19.2 Å². The van der Waals surface area contributed by atoms with Crippen molar-refractivity contribution in [3.63, 3.8) is 0 Å². The van der Waals surface area contributed by atoms with Crippen LogP contribution in [0.25, 0.3) is 0 Å². The molecule has 1 saturated heterocycles. The molecule has 3 aliphatic carbocycles. The molecule has 1 heterocycles. The molecule has 0 aromatic heterocycles. The number of hydrogen-bond donors (Lipinski definition) is 0. The minimum Gasteiger partial charge on any atom is -0.273 e. The summed E-state index contributed by atoms with van der Waals surface area (Å²) in [5.41, 5.74) is 4.20. The van der Waals surface area contributed by atoms with E-state index in [1.807, 2.05) is 48.5 Å². The smallest absolute Gasteiger partial charge is 0.253 e. The van der Waals surface area contributed by atoms with Crippen LogP contribution < -0.4 is 0 Å². The first-order chi connectivity index (χ1) is 13.4. The highest BCUT2D eigenvalue weighted by molar-refractivity contribution is 6.11. The van der Waals surface area contributed by atoms with Crippen molar-refractivity contribution in [2.75, 3.05) is 0 Å². The molecule has 0 saturated carbocycles. The molecule has 4 amide bonds. The van der Waals surface area contributed by atoms with Gasteiger partial charge in [-0.25, -0.2) is 0 Å². The maximum Gasteiger partial charge on any atom is 0.253 e. The van der Waals surface area contributed by atoms with Crippen molar-refractivity contribution in [1.29, 1.82) is 0 Å². The van der Waals surface area contributed by atoms with E-state index >= 15 is 0 Å². The summed E-state index contributed by atoms with van der Waals surface area (Å²) >= 11 is 0. The van der Waals surface area contributed by atoms with Crippen molar-refractivity contribution in [2.24, 2.45) is 11.8 Å². The van der Waals surface area contributed by atoms with Crippen LogP contribution in [0.2, 0.25) is 0 Å². The van der Waals surface area contributed by atoms with Gasteiger partial charge in [-0.1, -0.05) is 48.5 Å². The van der Waals surface area contributed by atoms with Gasteiger partial charge in [0.15, 0.2) is 0 Å². The van der Waals surface area contributed by atoms with Crippen molar-refractivity contribution in [2.45, 2.75) is 25.7 Å². The van der Waals surface area contributed by atoms with Crippen molar-refractivity contribution in [1.82, 2.24) is 10.0 Å². The lowest BCUT2D eigenvalue weighted by molar-refractivity contribution is -0.175. The van der Waals surface area contributed by atoms with Gasteiger partial charge in [0, 0.05) is 25.7 Å². The lowest BCUT2D eigenvalue weighted by atomic mass is 9.55. The minimum absolute atomic E-state index is 0.260. The molecular formula is C22H18N2O4. The molecular weight excluding hydrogens is 356 g/mol. The summed E-state index contributed by atoms with van der Waals surface area (Å²) in [6.07, 6.45) is 0. The number of hydrazine groups is 1. The van der Waals surface area contributed by atoms with Gasteiger partial charge in [-0.05, 0) is 22.3 Å². The number of imide groups is 2. The molecule has 2 atom stereocenters. The highest BCUT2D eigenvalue weighted by Gasteiger charge is 2.63. The molecule has 1 aliphatic heterocycles. The van der Waals surface area contributed by atoms with E-state index < -0.39 is 35.5 Å². The van der Waals surface area contributed by atoms with Crippen LogP contribution in [0, 0.1) is 11.8 Å². The molecule has 2 aromatic rings. The van der Waals surface area contributed by atoms with Crippen LogP contribution in [0.3, 0.4) is 0 Å². The zero-order chi connectivity index (χ0) is 19.7. The first-order valence-electron chi connectivity index (χ1n) is 9.30. The summed E-state index contributed by atoms with van der Waals surface area (Å²) in [6.45, 7) is 2.37. The Balaban J connectivity index is 1.73. The molecule has 2 bridgehead atoms. The van der Waals surface area contributed by atoms with Crippen LogP contribution >= 0.6 is 0 Å². The SMILES string of the molecule is CC(=O)N(C(C)=O)N1C(=O)[C@@H]2C3c4ccccc4C(c4ccccc43)[C@H]2C1=O. The van der Waals surface area contributed by atoms with Crippen LogP contribution in [0.1, 0.15) is 47.9 Å². The van der Waals surface area contributed by atoms with E-state index in [9.17, 15) is 19.2 Å². The summed E-state index contributed by atoms with van der Waals surface area (Å²) in [7, 11) is 0. The first-order valence-corrected chi connectivity index (χ1v) is 9.30. The summed E-state index contributed by atoms with van der Waals surface area (Å²) in [5, 5.41) is 1.47. The molecule has 6 heteroatoms. The molecule has 1 fully saturated rings. The maximum absolute atomic E-state index is 13.4. The van der Waals surface area contributed by atoms with Gasteiger partial charge in [-0.2, -0.15) is 10.0 Å². The molecule has 0 radical (unpaired) electrons. The van der Waals surface area contributed by atoms with E-state index in [4.69, 9.17) is 0 Å². The van der Waals surface area contributed by atoms with Crippen LogP contribution in [-0.4, -0.2) is 33.6 Å². The van der Waals surface area contributed by atoms with Crippen LogP contribution in [-0.2, 0) is 19.2 Å². The largest absolute Gasteiger partial charge is 0.273 e. The van der Waals surface area contributed by atoms with Crippen molar-refractivity contribution >= 4 is 23.6 Å². The predicted octanol–water partition coefficient (Wildman–Crippen LogP) is 2.19. The lowest BCUT2D eigenvalue weighted by Gasteiger charge is -2.45. The number of amides is 4. The summed E-state index contributed by atoms with van der Waals surface area (Å²) in [6, 6.07) is 15.8. The third-order valence-corrected chi connectivity index (χ3v) is 6.22. The molecule has 28 heavy (non-hydrogen) atoms. The van der Waals surface area contributed by atoms with Gasteiger partial charge in [-0.15, -0.1) is 0 Å². The zero-order valence-corrected chi connectivity index (χ0v) is 15.5. The van der Waals surface area contributed by atoms with Gasteiger partial charge in [0.25, 0.3) is 11.8 Å². The van der Waals surface area contributed by atoms with Gasteiger partial charge in [0.05, 0.1) is 11.8 Å². The average molecular weight is 374 g/mol. The summed E-state index contributed by atoms with van der Waals surface area (Å²) in [4.78, 5) is 50.8. The maximum atomic E-state index is 13.4. The molecule has 140 valence electrons. The average Bonchev–Trinajstić information content (AvgIpc) is 2.93. The van der Waals surface area contributed by atoms with Gasteiger partial charge in [-0.3, -0.25) is 19.2 Å². The Kier molecular flexibility index (Phi) is 3.38. The van der Waals surface area contributed by atoms with Crippen LogP contribution in [0.5, 0.6) is 0 Å². The molecule has 0 spiro atoms. The highest BCUT2D eigenvalue weighted by Crippen LogP contribution is 2.61. The van der Waals surface area contributed by atoms with Gasteiger partial charge in [0.2, 0.25) is 11.8 Å². The second-order valence-electron chi connectivity index (χ2n) is 7.60. The molecule has 0 unspecified atom stereocenters. The highest BCUT2D eigenvalue weighted by atomic mass is 16.2. The molecule has 0 N–H and O–H groups in total. The fourth-order valence-corrected chi connectivity index (χ4v) is 5.36. The Morgan fingerprint density at radius 2 is 1.04 bits per heavy atom. The van der Waals surface area contributed by atoms with E-state index in [0.717, 1.165) is 27.3 Å². The predicted molar refractivity (Wildman–Crippen MR) is 98.6 cm³/mol. The van der Waals surface area contributed by atoms with Crippen molar-refractivity contribution in [3.8, 4) is 0 Å². The van der Waals surface area contributed by atoms with E-state index in [0.29, 0.717) is 5.01 Å². The standard InChI is InChI=1S/C22H18N2O4/c1-11(25)23(12(2)26)24-21(27)19-17-13-7-3-4-8-14(13)18(20(19)22(24)28)16-10-6-5-9-15(16)17/h3-10,17-20H,1-2H3/t17?,18?,19-,20-/m1/s1. The first kappa shape index (κ1) is 16.9. The summed E-state index contributed by atoms with van der Waals surface area (Å²) in [5.74, 6) is -3.97. The number of hydrogen-bond acceptors (Lipinski definition) is 4. The van der Waals surface area contributed by atoms with E-state index in [1.165, 1.54) is 13.8 Å². The normalized spacial score (nSPS) is 26.6. The zero-order valence-electron chi connectivity index (χ0n) is 15.5. The summed E-state index contributed by atoms with van der Waals surface area (Å²) < 4.78 is 0. The lowest BCUT2D eigenvalue weighted by Crippen LogP contribution is -2.51. The van der Waals surface area contributed by atoms with E-state index in [-0.39, 0.29) is 11.8 Å². The Hall–Kier alpha value is -3.28. The molecule has 2 aromatic carbocycles. The number of carbonyl (C=O) groups excluding carboxylic acids is 4. The van der Waals surface area contributed by atoms with Gasteiger partial charge in [0.1, 0.15) is 0 Å². The van der Waals surface area contributed by atoms with Crippen molar-refractivity contribution in [3.05, 3.63) is 70.8 Å². The molecule has 6 nitrogen and oxygen atoms in total. The second kappa shape index (κ2) is 5.61. The minimum atomic E-state index is -0.643. The number of rotatable bonds is 1. The topological polar surface area (TPSA) is 74.8 Å². The Morgan fingerprint density at radius 1 is 0.714 bits per heavy atom. The van der Waals surface area contributed by atoms with Gasteiger partial charge < -0.3 is 0 Å². The Bertz CT molecular complexity index is 946. The quantitative estimate of drug-likeness (QED) is 0.717. The molecule has 4 aliphatic rings. The van der Waals surface area contributed by atoms with E-state index in [1.54, 1.807) is 0 Å². The van der Waals surface area contributed by atoms with E-state index in [2.05, 4.69) is 0 Å². The third-order valence-electron chi connectivity index (χ3n) is 6.22. The Labute approximate surface area is 161 Å². The monoisotopic (exact) mass is 374 g/mol. The fourth-order valence-electron chi connectivity index (χ4n) is 5.36. The number of nitrogens with zero attached hydrogens (tertiary/aromatic N) is 2. The van der Waals surface area contributed by atoms with Crippen LogP contribution in [0.15, 0.2) is 48.5 Å². The van der Waals surface area contributed by atoms with Crippen LogP contribution in [0.4, 0.5) is 0 Å².